The van der Waals surface area contributed by atoms with Crippen LogP contribution in [0.25, 0.3) is 4.96 Å². The van der Waals surface area contributed by atoms with Crippen molar-refractivity contribution < 1.29 is 0 Å². The van der Waals surface area contributed by atoms with Gasteiger partial charge in [-0.3, -0.25) is 9.69 Å². The highest BCUT2D eigenvalue weighted by Crippen LogP contribution is 2.34. The van der Waals surface area contributed by atoms with Gasteiger partial charge in [0.1, 0.15) is 0 Å². The van der Waals surface area contributed by atoms with Crippen LogP contribution in [0, 0.1) is 0 Å². The Balaban J connectivity index is 1.57. The third kappa shape index (κ3) is 3.43. The molecule has 7 heteroatoms. The van der Waals surface area contributed by atoms with Gasteiger partial charge in [0, 0.05) is 24.6 Å². The standard InChI is InChI=1S/C19H22N4OS2/c1-19(14-7-4-3-5-8-14)9-6-10-22(13-19)12-15-11-16(24)23-17(20-15)26-18(21-23)25-2/h3-5,7-8,11H,6,9-10,12-13H2,1-2H3/t19-/m1/s1. The summed E-state index contributed by atoms with van der Waals surface area (Å²) in [5.74, 6) is 0. The van der Waals surface area contributed by atoms with Gasteiger partial charge >= 0.3 is 0 Å². The van der Waals surface area contributed by atoms with Crippen LogP contribution in [0.3, 0.4) is 0 Å². The molecule has 5 nitrogen and oxygen atoms in total. The fourth-order valence-corrected chi connectivity index (χ4v) is 5.17. The Hall–Kier alpha value is -1.70. The molecule has 0 unspecified atom stereocenters. The number of thioether (sulfide) groups is 1. The fraction of sp³-hybridized carbons (Fsp3) is 0.421. The largest absolute Gasteiger partial charge is 0.297 e. The Morgan fingerprint density at radius 3 is 2.88 bits per heavy atom. The molecule has 2 aromatic heterocycles. The SMILES string of the molecule is CSc1nn2c(=O)cc(CN3CCC[C@@](C)(c4ccccc4)C3)nc2s1. The van der Waals surface area contributed by atoms with Gasteiger partial charge in [0.05, 0.1) is 5.69 Å². The maximum Gasteiger partial charge on any atom is 0.275 e. The van der Waals surface area contributed by atoms with Crippen molar-refractivity contribution in [1.29, 1.82) is 0 Å². The Morgan fingerprint density at radius 2 is 2.12 bits per heavy atom. The number of rotatable bonds is 4. The second kappa shape index (κ2) is 7.13. The number of nitrogens with zero attached hydrogens (tertiary/aromatic N) is 4. The molecule has 1 aliphatic rings. The lowest BCUT2D eigenvalue weighted by Gasteiger charge is -2.40. The Bertz CT molecular complexity index is 969. The second-order valence-electron chi connectivity index (χ2n) is 7.09. The molecule has 0 saturated carbocycles. The molecule has 0 aliphatic carbocycles. The average Bonchev–Trinajstić information content (AvgIpc) is 3.06. The van der Waals surface area contributed by atoms with Crippen molar-refractivity contribution in [2.24, 2.45) is 0 Å². The van der Waals surface area contributed by atoms with Crippen LogP contribution >= 0.6 is 23.1 Å². The molecule has 1 aromatic carbocycles. The summed E-state index contributed by atoms with van der Waals surface area (Å²) >= 11 is 3.01. The quantitative estimate of drug-likeness (QED) is 0.643. The van der Waals surface area contributed by atoms with E-state index in [1.54, 1.807) is 6.07 Å². The highest BCUT2D eigenvalue weighted by atomic mass is 32.2. The van der Waals surface area contributed by atoms with Crippen molar-refractivity contribution in [3.05, 3.63) is 58.0 Å². The number of hydrogen-bond acceptors (Lipinski definition) is 6. The van der Waals surface area contributed by atoms with Crippen molar-refractivity contribution in [1.82, 2.24) is 19.5 Å². The van der Waals surface area contributed by atoms with E-state index in [1.165, 1.54) is 39.6 Å². The summed E-state index contributed by atoms with van der Waals surface area (Å²) in [6.45, 7) is 5.08. The van der Waals surface area contributed by atoms with Gasteiger partial charge in [-0.15, -0.1) is 5.10 Å². The van der Waals surface area contributed by atoms with Gasteiger partial charge in [-0.05, 0) is 31.2 Å². The van der Waals surface area contributed by atoms with E-state index < -0.39 is 0 Å². The minimum atomic E-state index is -0.0932. The van der Waals surface area contributed by atoms with Crippen LogP contribution in [0.5, 0.6) is 0 Å². The first-order chi connectivity index (χ1) is 12.6. The van der Waals surface area contributed by atoms with E-state index in [2.05, 4.69) is 52.2 Å². The molecule has 0 bridgehead atoms. The topological polar surface area (TPSA) is 50.5 Å². The van der Waals surface area contributed by atoms with E-state index >= 15 is 0 Å². The van der Waals surface area contributed by atoms with Crippen molar-refractivity contribution in [2.45, 2.75) is 36.1 Å². The van der Waals surface area contributed by atoms with Crippen LogP contribution in [0.2, 0.25) is 0 Å². The van der Waals surface area contributed by atoms with Gasteiger partial charge in [-0.25, -0.2) is 4.98 Å². The molecule has 3 aromatic rings. The van der Waals surface area contributed by atoms with Gasteiger partial charge in [0.2, 0.25) is 4.96 Å². The number of benzene rings is 1. The summed E-state index contributed by atoms with van der Waals surface area (Å²) in [5.41, 5.74) is 2.28. The number of likely N-dealkylation sites (tertiary alicyclic amines) is 1. The van der Waals surface area contributed by atoms with Gasteiger partial charge < -0.3 is 0 Å². The lowest BCUT2D eigenvalue weighted by Crippen LogP contribution is -2.44. The van der Waals surface area contributed by atoms with E-state index in [0.717, 1.165) is 29.5 Å². The van der Waals surface area contributed by atoms with Gasteiger partial charge in [0.15, 0.2) is 4.34 Å². The molecule has 0 N–H and O–H groups in total. The van der Waals surface area contributed by atoms with Crippen molar-refractivity contribution in [3.63, 3.8) is 0 Å². The maximum absolute atomic E-state index is 12.4. The predicted molar refractivity (Wildman–Crippen MR) is 107 cm³/mol. The molecular formula is C19H22N4OS2. The normalized spacial score (nSPS) is 21.3. The molecule has 1 atom stereocenters. The van der Waals surface area contributed by atoms with Crippen LogP contribution in [0.4, 0.5) is 0 Å². The first kappa shape index (κ1) is 17.7. The minimum Gasteiger partial charge on any atom is -0.297 e. The number of hydrogen-bond donors (Lipinski definition) is 0. The number of piperidine rings is 1. The van der Waals surface area contributed by atoms with Crippen molar-refractivity contribution >= 4 is 28.1 Å². The van der Waals surface area contributed by atoms with Crippen LogP contribution < -0.4 is 5.56 Å². The van der Waals surface area contributed by atoms with E-state index in [-0.39, 0.29) is 11.0 Å². The van der Waals surface area contributed by atoms with Crippen molar-refractivity contribution in [2.75, 3.05) is 19.3 Å². The molecule has 4 rings (SSSR count). The van der Waals surface area contributed by atoms with Gasteiger partial charge in [-0.2, -0.15) is 4.52 Å². The van der Waals surface area contributed by atoms with E-state index in [9.17, 15) is 4.79 Å². The third-order valence-electron chi connectivity index (χ3n) is 5.09. The zero-order chi connectivity index (χ0) is 18.1. The molecule has 0 radical (unpaired) electrons. The van der Waals surface area contributed by atoms with Crippen LogP contribution in [0.1, 0.15) is 31.0 Å². The second-order valence-corrected chi connectivity index (χ2v) is 9.10. The Labute approximate surface area is 161 Å². The number of fused-ring (bicyclic) bond motifs is 1. The number of aromatic nitrogens is 3. The summed E-state index contributed by atoms with van der Waals surface area (Å²) in [7, 11) is 0. The zero-order valence-electron chi connectivity index (χ0n) is 15.0. The average molecular weight is 387 g/mol. The summed E-state index contributed by atoms with van der Waals surface area (Å²) in [6, 6.07) is 12.4. The molecule has 1 aliphatic heterocycles. The Kier molecular flexibility index (Phi) is 4.86. The molecule has 136 valence electrons. The molecular weight excluding hydrogens is 364 g/mol. The first-order valence-corrected chi connectivity index (χ1v) is 10.8. The third-order valence-corrected chi connectivity index (χ3v) is 6.97. The lowest BCUT2D eigenvalue weighted by atomic mass is 9.76. The molecule has 26 heavy (non-hydrogen) atoms. The predicted octanol–water partition coefficient (Wildman–Crippen LogP) is 3.43. The van der Waals surface area contributed by atoms with Gasteiger partial charge in [0.25, 0.3) is 5.56 Å². The Morgan fingerprint density at radius 1 is 1.31 bits per heavy atom. The fourth-order valence-electron chi connectivity index (χ4n) is 3.79. The summed E-state index contributed by atoms with van der Waals surface area (Å²) in [5, 5.41) is 4.29. The molecule has 1 fully saturated rings. The zero-order valence-corrected chi connectivity index (χ0v) is 16.6. The van der Waals surface area contributed by atoms with Crippen LogP contribution in [0.15, 0.2) is 45.5 Å². The monoisotopic (exact) mass is 386 g/mol. The van der Waals surface area contributed by atoms with Gasteiger partial charge in [-0.1, -0.05) is 60.4 Å². The van der Waals surface area contributed by atoms with Crippen LogP contribution in [-0.4, -0.2) is 38.8 Å². The molecule has 1 saturated heterocycles. The van der Waals surface area contributed by atoms with Crippen LogP contribution in [-0.2, 0) is 12.0 Å². The van der Waals surface area contributed by atoms with Crippen molar-refractivity contribution in [3.8, 4) is 0 Å². The smallest absolute Gasteiger partial charge is 0.275 e. The van der Waals surface area contributed by atoms with E-state index in [0.29, 0.717) is 11.5 Å². The van der Waals surface area contributed by atoms with E-state index in [4.69, 9.17) is 0 Å². The lowest BCUT2D eigenvalue weighted by molar-refractivity contribution is 0.148. The molecule has 0 spiro atoms. The maximum atomic E-state index is 12.4. The molecule has 0 amide bonds. The summed E-state index contributed by atoms with van der Waals surface area (Å²) < 4.78 is 2.27. The highest BCUT2D eigenvalue weighted by Gasteiger charge is 2.32. The summed E-state index contributed by atoms with van der Waals surface area (Å²) in [6.07, 6.45) is 4.31. The highest BCUT2D eigenvalue weighted by molar-refractivity contribution is 8.00. The minimum absolute atomic E-state index is 0.0932. The summed E-state index contributed by atoms with van der Waals surface area (Å²) in [4.78, 5) is 20.1. The molecule has 3 heterocycles. The van der Waals surface area contributed by atoms with E-state index in [1.807, 2.05) is 6.26 Å². The first-order valence-electron chi connectivity index (χ1n) is 8.79.